The summed E-state index contributed by atoms with van der Waals surface area (Å²) in [5, 5.41) is 3.33. The normalized spacial score (nSPS) is 18.6. The van der Waals surface area contributed by atoms with Crippen LogP contribution in [0.1, 0.15) is 17.7 Å². The lowest BCUT2D eigenvalue weighted by atomic mass is 10.2. The van der Waals surface area contributed by atoms with Crippen molar-refractivity contribution in [1.82, 2.24) is 19.9 Å². The van der Waals surface area contributed by atoms with Gasteiger partial charge in [0.15, 0.2) is 0 Å². The molecule has 0 spiro atoms. The smallest absolute Gasteiger partial charge is 0.148 e. The van der Waals surface area contributed by atoms with Crippen LogP contribution < -0.4 is 5.32 Å². The van der Waals surface area contributed by atoms with E-state index in [0.29, 0.717) is 6.54 Å². The SMILES string of the molecule is Cc1cc(NC2CCN(Cc3c(F)cncc3F)C2)ncn1. The van der Waals surface area contributed by atoms with Gasteiger partial charge in [-0.1, -0.05) is 0 Å². The zero-order valence-corrected chi connectivity index (χ0v) is 12.3. The molecule has 1 atom stereocenters. The zero-order valence-electron chi connectivity index (χ0n) is 12.3. The molecule has 1 N–H and O–H groups in total. The Hall–Kier alpha value is -2.15. The Morgan fingerprint density at radius 3 is 2.77 bits per heavy atom. The molecule has 2 aromatic heterocycles. The van der Waals surface area contributed by atoms with Crippen molar-refractivity contribution in [2.24, 2.45) is 0 Å². The predicted molar refractivity (Wildman–Crippen MR) is 78.2 cm³/mol. The van der Waals surface area contributed by atoms with Crippen molar-refractivity contribution < 1.29 is 8.78 Å². The lowest BCUT2D eigenvalue weighted by molar-refractivity contribution is 0.315. The predicted octanol–water partition coefficient (Wildman–Crippen LogP) is 2.14. The molecule has 7 heteroatoms. The van der Waals surface area contributed by atoms with Gasteiger partial charge in [-0.3, -0.25) is 9.88 Å². The van der Waals surface area contributed by atoms with Gasteiger partial charge >= 0.3 is 0 Å². The van der Waals surface area contributed by atoms with Gasteiger partial charge in [-0.2, -0.15) is 0 Å². The fourth-order valence-corrected chi connectivity index (χ4v) is 2.65. The first-order chi connectivity index (χ1) is 10.6. The van der Waals surface area contributed by atoms with E-state index in [4.69, 9.17) is 0 Å². The van der Waals surface area contributed by atoms with Crippen LogP contribution in [0.3, 0.4) is 0 Å². The van der Waals surface area contributed by atoms with E-state index >= 15 is 0 Å². The van der Waals surface area contributed by atoms with Crippen LogP contribution in [0.2, 0.25) is 0 Å². The second-order valence-corrected chi connectivity index (χ2v) is 5.49. The average molecular weight is 305 g/mol. The maximum absolute atomic E-state index is 13.6. The van der Waals surface area contributed by atoms with Gasteiger partial charge in [0.05, 0.1) is 12.4 Å². The molecule has 0 saturated carbocycles. The molecule has 1 aliphatic rings. The van der Waals surface area contributed by atoms with Gasteiger partial charge in [-0.25, -0.2) is 18.7 Å². The largest absolute Gasteiger partial charge is 0.366 e. The molecule has 3 rings (SSSR count). The number of pyridine rings is 1. The molecular formula is C15H17F2N5. The monoisotopic (exact) mass is 305 g/mol. The molecule has 22 heavy (non-hydrogen) atoms. The van der Waals surface area contributed by atoms with Gasteiger partial charge in [-0.15, -0.1) is 0 Å². The van der Waals surface area contributed by atoms with Crippen molar-refractivity contribution in [3.05, 3.63) is 47.7 Å². The molecule has 0 aromatic carbocycles. The third-order valence-corrected chi connectivity index (χ3v) is 3.76. The summed E-state index contributed by atoms with van der Waals surface area (Å²) in [6.45, 7) is 3.65. The molecule has 3 heterocycles. The molecule has 2 aromatic rings. The van der Waals surface area contributed by atoms with Crippen LogP contribution in [0.4, 0.5) is 14.6 Å². The highest BCUT2D eigenvalue weighted by Gasteiger charge is 2.24. The molecule has 0 amide bonds. The number of rotatable bonds is 4. The summed E-state index contributed by atoms with van der Waals surface area (Å²) >= 11 is 0. The number of hydrogen-bond acceptors (Lipinski definition) is 5. The van der Waals surface area contributed by atoms with E-state index in [1.165, 1.54) is 6.33 Å². The van der Waals surface area contributed by atoms with Crippen LogP contribution in [0.5, 0.6) is 0 Å². The fourth-order valence-electron chi connectivity index (χ4n) is 2.65. The van der Waals surface area contributed by atoms with Gasteiger partial charge in [0.1, 0.15) is 23.8 Å². The van der Waals surface area contributed by atoms with E-state index in [2.05, 4.69) is 20.3 Å². The minimum absolute atomic E-state index is 0.0773. The number of nitrogens with zero attached hydrogens (tertiary/aromatic N) is 4. The van der Waals surface area contributed by atoms with Crippen molar-refractivity contribution in [2.45, 2.75) is 25.9 Å². The first-order valence-electron chi connectivity index (χ1n) is 7.17. The standard InChI is InChI=1S/C15H17F2N5/c1-10-4-15(20-9-19-10)21-11-2-3-22(7-11)8-12-13(16)5-18-6-14(12)17/h4-6,9,11H,2-3,7-8H2,1H3,(H,19,20,21). The number of aromatic nitrogens is 3. The molecule has 5 nitrogen and oxygen atoms in total. The highest BCUT2D eigenvalue weighted by molar-refractivity contribution is 5.36. The molecule has 1 unspecified atom stereocenters. The first-order valence-corrected chi connectivity index (χ1v) is 7.17. The summed E-state index contributed by atoms with van der Waals surface area (Å²) < 4.78 is 27.3. The molecule has 0 bridgehead atoms. The number of hydrogen-bond donors (Lipinski definition) is 1. The van der Waals surface area contributed by atoms with Crippen LogP contribution >= 0.6 is 0 Å². The third-order valence-electron chi connectivity index (χ3n) is 3.76. The van der Waals surface area contributed by atoms with Crippen molar-refractivity contribution in [3.63, 3.8) is 0 Å². The Labute approximate surface area is 127 Å². The number of nitrogens with one attached hydrogen (secondary N) is 1. The lowest BCUT2D eigenvalue weighted by Crippen LogP contribution is -2.27. The number of halogens is 2. The summed E-state index contributed by atoms with van der Waals surface area (Å²) in [7, 11) is 0. The number of aryl methyl sites for hydroxylation is 1. The lowest BCUT2D eigenvalue weighted by Gasteiger charge is -2.17. The molecule has 1 saturated heterocycles. The second-order valence-electron chi connectivity index (χ2n) is 5.49. The Kier molecular flexibility index (Phi) is 4.24. The maximum Gasteiger partial charge on any atom is 0.148 e. The van der Waals surface area contributed by atoms with Gasteiger partial charge in [-0.05, 0) is 13.3 Å². The number of anilines is 1. The molecule has 1 aliphatic heterocycles. The van der Waals surface area contributed by atoms with E-state index in [1.54, 1.807) is 0 Å². The van der Waals surface area contributed by atoms with Crippen LogP contribution in [-0.4, -0.2) is 39.0 Å². The Balaban J connectivity index is 1.61. The van der Waals surface area contributed by atoms with Crippen LogP contribution in [0.25, 0.3) is 0 Å². The van der Waals surface area contributed by atoms with E-state index in [1.807, 2.05) is 17.9 Å². The van der Waals surface area contributed by atoms with Crippen LogP contribution in [-0.2, 0) is 6.54 Å². The summed E-state index contributed by atoms with van der Waals surface area (Å²) in [4.78, 5) is 13.7. The molecule has 1 fully saturated rings. The van der Waals surface area contributed by atoms with Crippen molar-refractivity contribution in [1.29, 1.82) is 0 Å². The minimum Gasteiger partial charge on any atom is -0.366 e. The fraction of sp³-hybridized carbons (Fsp3) is 0.400. The van der Waals surface area contributed by atoms with Crippen molar-refractivity contribution in [3.8, 4) is 0 Å². The topological polar surface area (TPSA) is 53.9 Å². The summed E-state index contributed by atoms with van der Waals surface area (Å²) in [6.07, 6.45) is 4.52. The molecule has 116 valence electrons. The van der Waals surface area contributed by atoms with Crippen LogP contribution in [0.15, 0.2) is 24.8 Å². The third kappa shape index (κ3) is 3.36. The minimum atomic E-state index is -0.595. The Morgan fingerprint density at radius 1 is 1.27 bits per heavy atom. The van der Waals surface area contributed by atoms with E-state index in [-0.39, 0.29) is 18.2 Å². The van der Waals surface area contributed by atoms with Gasteiger partial charge in [0, 0.05) is 43.0 Å². The average Bonchev–Trinajstić information content (AvgIpc) is 2.90. The van der Waals surface area contributed by atoms with E-state index < -0.39 is 11.6 Å². The molecule has 0 radical (unpaired) electrons. The summed E-state index contributed by atoms with van der Waals surface area (Å²) in [5.41, 5.74) is 0.974. The molecular weight excluding hydrogens is 288 g/mol. The Morgan fingerprint density at radius 2 is 2.05 bits per heavy atom. The van der Waals surface area contributed by atoms with Crippen molar-refractivity contribution in [2.75, 3.05) is 18.4 Å². The summed E-state index contributed by atoms with van der Waals surface area (Å²) in [6, 6.07) is 2.09. The molecule has 0 aliphatic carbocycles. The van der Waals surface area contributed by atoms with Gasteiger partial charge in [0.25, 0.3) is 0 Å². The number of likely N-dealkylation sites (tertiary alicyclic amines) is 1. The Bertz CT molecular complexity index is 644. The maximum atomic E-state index is 13.6. The van der Waals surface area contributed by atoms with Gasteiger partial charge < -0.3 is 5.32 Å². The van der Waals surface area contributed by atoms with E-state index in [9.17, 15) is 8.78 Å². The van der Waals surface area contributed by atoms with Gasteiger partial charge in [0.2, 0.25) is 0 Å². The van der Waals surface area contributed by atoms with E-state index in [0.717, 1.165) is 36.9 Å². The zero-order chi connectivity index (χ0) is 15.5. The quantitative estimate of drug-likeness (QED) is 0.938. The van der Waals surface area contributed by atoms with Crippen molar-refractivity contribution >= 4 is 5.82 Å². The second kappa shape index (κ2) is 6.31. The van der Waals surface area contributed by atoms with Crippen LogP contribution in [0, 0.1) is 18.6 Å². The summed E-state index contributed by atoms with van der Waals surface area (Å²) in [5.74, 6) is -0.411. The first kappa shape index (κ1) is 14.8. The highest BCUT2D eigenvalue weighted by Crippen LogP contribution is 2.19. The highest BCUT2D eigenvalue weighted by atomic mass is 19.1.